The van der Waals surface area contributed by atoms with Crippen LogP contribution in [0.4, 0.5) is 8.78 Å². The lowest BCUT2D eigenvalue weighted by Crippen LogP contribution is -2.44. The van der Waals surface area contributed by atoms with E-state index in [1.807, 2.05) is 42.5 Å². The molecule has 0 fully saturated rings. The van der Waals surface area contributed by atoms with Crippen LogP contribution in [0.5, 0.6) is 5.75 Å². The highest BCUT2D eigenvalue weighted by Gasteiger charge is 2.14. The molecule has 7 heteroatoms. The number of para-hydroxylation sites is 1. The van der Waals surface area contributed by atoms with Crippen molar-refractivity contribution >= 4 is 11.8 Å². The molecule has 0 aliphatic rings. The van der Waals surface area contributed by atoms with E-state index in [0.717, 1.165) is 23.3 Å². The number of rotatable bonds is 5. The van der Waals surface area contributed by atoms with Gasteiger partial charge in [-0.05, 0) is 23.8 Å². The van der Waals surface area contributed by atoms with Crippen molar-refractivity contribution in [1.29, 1.82) is 0 Å². The van der Waals surface area contributed by atoms with Gasteiger partial charge < -0.3 is 4.74 Å². The van der Waals surface area contributed by atoms with E-state index in [2.05, 4.69) is 10.9 Å². The summed E-state index contributed by atoms with van der Waals surface area (Å²) in [6.45, 7) is -0.365. The normalized spacial score (nSPS) is 10.2. The molecule has 2 N–H and O–H groups in total. The molecule has 3 aromatic carbocycles. The quantitative estimate of drug-likeness (QED) is 0.664. The Morgan fingerprint density at radius 3 is 2.32 bits per heavy atom. The Labute approximate surface area is 159 Å². The maximum absolute atomic E-state index is 13.6. The largest absolute Gasteiger partial charge is 0.483 e. The predicted molar refractivity (Wildman–Crippen MR) is 99.3 cm³/mol. The second-order valence-corrected chi connectivity index (χ2v) is 5.78. The van der Waals surface area contributed by atoms with Crippen molar-refractivity contribution in [1.82, 2.24) is 10.9 Å². The molecule has 0 bridgehead atoms. The second-order valence-electron chi connectivity index (χ2n) is 5.78. The van der Waals surface area contributed by atoms with Crippen LogP contribution in [-0.2, 0) is 4.79 Å². The molecule has 28 heavy (non-hydrogen) atoms. The van der Waals surface area contributed by atoms with Crippen LogP contribution in [0.15, 0.2) is 72.8 Å². The van der Waals surface area contributed by atoms with Gasteiger partial charge in [0.25, 0.3) is 11.8 Å². The number of benzene rings is 3. The standard InChI is InChI=1S/C21H16F2N2O3/c22-15-10-11-17(18(23)12-15)21(27)25-24-20(26)13-28-19-9-5-4-8-16(19)14-6-2-1-3-7-14/h1-12H,13H2,(H,24,26)(H,25,27). The highest BCUT2D eigenvalue weighted by molar-refractivity contribution is 5.95. The molecule has 0 radical (unpaired) electrons. The number of ether oxygens (including phenoxy) is 1. The van der Waals surface area contributed by atoms with Crippen LogP contribution in [0, 0.1) is 11.6 Å². The van der Waals surface area contributed by atoms with Gasteiger partial charge in [0.15, 0.2) is 6.61 Å². The first-order valence-electron chi connectivity index (χ1n) is 8.36. The Kier molecular flexibility index (Phi) is 5.96. The topological polar surface area (TPSA) is 67.4 Å². The molecule has 0 saturated carbocycles. The van der Waals surface area contributed by atoms with Crippen LogP contribution >= 0.6 is 0 Å². The van der Waals surface area contributed by atoms with Crippen LogP contribution in [0.25, 0.3) is 11.1 Å². The van der Waals surface area contributed by atoms with E-state index >= 15 is 0 Å². The zero-order chi connectivity index (χ0) is 19.9. The van der Waals surface area contributed by atoms with Crippen LogP contribution in [-0.4, -0.2) is 18.4 Å². The molecule has 0 heterocycles. The first-order chi connectivity index (χ1) is 13.5. The van der Waals surface area contributed by atoms with Crippen molar-refractivity contribution in [3.63, 3.8) is 0 Å². The van der Waals surface area contributed by atoms with Crippen molar-refractivity contribution in [3.8, 4) is 16.9 Å². The van der Waals surface area contributed by atoms with Crippen molar-refractivity contribution in [2.45, 2.75) is 0 Å². The number of amides is 2. The molecule has 5 nitrogen and oxygen atoms in total. The fourth-order valence-electron chi connectivity index (χ4n) is 2.50. The Morgan fingerprint density at radius 2 is 1.57 bits per heavy atom. The average Bonchev–Trinajstić information content (AvgIpc) is 2.71. The van der Waals surface area contributed by atoms with Gasteiger partial charge in [0.1, 0.15) is 17.4 Å². The molecule has 0 atom stereocenters. The van der Waals surface area contributed by atoms with Gasteiger partial charge in [0.05, 0.1) is 5.56 Å². The van der Waals surface area contributed by atoms with Gasteiger partial charge in [-0.3, -0.25) is 20.4 Å². The average molecular weight is 382 g/mol. The lowest BCUT2D eigenvalue weighted by Gasteiger charge is -2.12. The van der Waals surface area contributed by atoms with Gasteiger partial charge in [0, 0.05) is 11.6 Å². The number of carbonyl (C=O) groups is 2. The molecular weight excluding hydrogens is 366 g/mol. The summed E-state index contributed by atoms with van der Waals surface area (Å²) in [6, 6.07) is 19.2. The van der Waals surface area contributed by atoms with Crippen molar-refractivity contribution in [2.24, 2.45) is 0 Å². The number of hydrazine groups is 1. The van der Waals surface area contributed by atoms with E-state index in [1.165, 1.54) is 0 Å². The Balaban J connectivity index is 1.57. The Bertz CT molecular complexity index is 994. The fraction of sp³-hybridized carbons (Fsp3) is 0.0476. The third-order valence-electron chi connectivity index (χ3n) is 3.82. The molecular formula is C21H16F2N2O3. The van der Waals surface area contributed by atoms with Crippen LogP contribution in [0.2, 0.25) is 0 Å². The SMILES string of the molecule is O=C(COc1ccccc1-c1ccccc1)NNC(=O)c1ccc(F)cc1F. The molecule has 0 aromatic heterocycles. The third-order valence-corrected chi connectivity index (χ3v) is 3.82. The highest BCUT2D eigenvalue weighted by atomic mass is 19.1. The lowest BCUT2D eigenvalue weighted by atomic mass is 10.1. The lowest BCUT2D eigenvalue weighted by molar-refractivity contribution is -0.123. The summed E-state index contributed by atoms with van der Waals surface area (Å²) in [5, 5.41) is 0. The van der Waals surface area contributed by atoms with Gasteiger partial charge in [-0.25, -0.2) is 8.78 Å². The molecule has 0 spiro atoms. The zero-order valence-electron chi connectivity index (χ0n) is 14.6. The van der Waals surface area contributed by atoms with E-state index in [1.54, 1.807) is 12.1 Å². The van der Waals surface area contributed by atoms with E-state index < -0.39 is 29.0 Å². The monoisotopic (exact) mass is 382 g/mol. The molecule has 2 amide bonds. The third kappa shape index (κ3) is 4.70. The van der Waals surface area contributed by atoms with Crippen LogP contribution in [0.1, 0.15) is 10.4 Å². The van der Waals surface area contributed by atoms with Crippen molar-refractivity contribution < 1.29 is 23.1 Å². The van der Waals surface area contributed by atoms with Gasteiger partial charge in [-0.15, -0.1) is 0 Å². The number of halogens is 2. The molecule has 3 rings (SSSR count). The summed E-state index contributed by atoms with van der Waals surface area (Å²) >= 11 is 0. The maximum Gasteiger partial charge on any atom is 0.276 e. The first-order valence-corrected chi connectivity index (χ1v) is 8.36. The summed E-state index contributed by atoms with van der Waals surface area (Å²) in [5.74, 6) is -2.88. The smallest absolute Gasteiger partial charge is 0.276 e. The summed E-state index contributed by atoms with van der Waals surface area (Å²) < 4.78 is 32.0. The van der Waals surface area contributed by atoms with Crippen LogP contribution < -0.4 is 15.6 Å². The van der Waals surface area contributed by atoms with E-state index in [-0.39, 0.29) is 6.61 Å². The minimum Gasteiger partial charge on any atom is -0.483 e. The van der Waals surface area contributed by atoms with Gasteiger partial charge >= 0.3 is 0 Å². The molecule has 0 unspecified atom stereocenters. The molecule has 142 valence electrons. The Morgan fingerprint density at radius 1 is 0.857 bits per heavy atom. The fourth-order valence-corrected chi connectivity index (χ4v) is 2.50. The second kappa shape index (κ2) is 8.77. The maximum atomic E-state index is 13.6. The van der Waals surface area contributed by atoms with Gasteiger partial charge in [0.2, 0.25) is 0 Å². The molecule has 0 aliphatic heterocycles. The Hall–Kier alpha value is -3.74. The van der Waals surface area contributed by atoms with E-state index in [9.17, 15) is 18.4 Å². The number of hydrogen-bond donors (Lipinski definition) is 2. The summed E-state index contributed by atoms with van der Waals surface area (Å²) in [5.41, 5.74) is 5.54. The van der Waals surface area contributed by atoms with E-state index in [4.69, 9.17) is 4.74 Å². The number of nitrogens with one attached hydrogen (secondary N) is 2. The highest BCUT2D eigenvalue weighted by Crippen LogP contribution is 2.29. The predicted octanol–water partition coefficient (Wildman–Crippen LogP) is 3.47. The van der Waals surface area contributed by atoms with Crippen molar-refractivity contribution in [3.05, 3.63) is 90.0 Å². The summed E-state index contributed by atoms with van der Waals surface area (Å²) in [6.07, 6.45) is 0. The summed E-state index contributed by atoms with van der Waals surface area (Å²) in [4.78, 5) is 23.8. The minimum atomic E-state index is -1.03. The molecule has 0 aliphatic carbocycles. The zero-order valence-corrected chi connectivity index (χ0v) is 14.6. The van der Waals surface area contributed by atoms with Crippen molar-refractivity contribution in [2.75, 3.05) is 6.61 Å². The van der Waals surface area contributed by atoms with E-state index in [0.29, 0.717) is 11.8 Å². The van der Waals surface area contributed by atoms with Gasteiger partial charge in [-0.1, -0.05) is 48.5 Å². The summed E-state index contributed by atoms with van der Waals surface area (Å²) in [7, 11) is 0. The first kappa shape index (κ1) is 19.0. The minimum absolute atomic E-state index is 0.365. The molecule has 0 saturated heterocycles. The van der Waals surface area contributed by atoms with Crippen LogP contribution in [0.3, 0.4) is 0 Å². The molecule has 3 aromatic rings. The number of carbonyl (C=O) groups excluding carboxylic acids is 2. The number of hydrogen-bond acceptors (Lipinski definition) is 3. The van der Waals surface area contributed by atoms with Gasteiger partial charge in [-0.2, -0.15) is 0 Å².